The molecule has 2 fully saturated rings. The van der Waals surface area contributed by atoms with Crippen LogP contribution in [0.1, 0.15) is 37.4 Å². The number of aliphatic carboxylic acids is 1. The first-order valence-corrected chi connectivity index (χ1v) is 8.04. The summed E-state index contributed by atoms with van der Waals surface area (Å²) in [7, 11) is 0. The van der Waals surface area contributed by atoms with E-state index in [-0.39, 0.29) is 23.7 Å². The molecule has 2 N–H and O–H groups in total. The Morgan fingerprint density at radius 2 is 2.05 bits per heavy atom. The number of aromatic nitrogens is 2. The Kier molecular flexibility index (Phi) is 3.93. The third-order valence-electron chi connectivity index (χ3n) is 5.33. The monoisotopic (exact) mass is 305 g/mol. The van der Waals surface area contributed by atoms with Crippen molar-refractivity contribution in [1.29, 1.82) is 0 Å². The molecule has 0 spiro atoms. The van der Waals surface area contributed by atoms with Crippen molar-refractivity contribution in [3.05, 3.63) is 17.5 Å². The van der Waals surface area contributed by atoms with Gasteiger partial charge in [-0.05, 0) is 44.9 Å². The van der Waals surface area contributed by atoms with Gasteiger partial charge in [0.25, 0.3) is 0 Å². The topological polar surface area (TPSA) is 84.2 Å². The molecule has 0 saturated heterocycles. The van der Waals surface area contributed by atoms with Crippen LogP contribution in [0.2, 0.25) is 0 Å². The Bertz CT molecular complexity index is 595. The van der Waals surface area contributed by atoms with Gasteiger partial charge in [0.2, 0.25) is 5.91 Å². The maximum Gasteiger partial charge on any atom is 0.307 e. The zero-order chi connectivity index (χ0) is 15.9. The highest BCUT2D eigenvalue weighted by atomic mass is 16.4. The molecule has 0 aliphatic heterocycles. The molecule has 120 valence electrons. The molecule has 4 unspecified atom stereocenters. The summed E-state index contributed by atoms with van der Waals surface area (Å²) in [6.45, 7) is 5.15. The predicted molar refractivity (Wildman–Crippen MR) is 79.9 cm³/mol. The van der Waals surface area contributed by atoms with Crippen LogP contribution in [0.25, 0.3) is 0 Å². The largest absolute Gasteiger partial charge is 0.481 e. The van der Waals surface area contributed by atoms with E-state index in [4.69, 9.17) is 0 Å². The summed E-state index contributed by atoms with van der Waals surface area (Å²) >= 11 is 0. The van der Waals surface area contributed by atoms with Gasteiger partial charge in [0.1, 0.15) is 0 Å². The lowest BCUT2D eigenvalue weighted by molar-refractivity contribution is -0.149. The number of rotatable bonds is 5. The van der Waals surface area contributed by atoms with Crippen molar-refractivity contribution in [3.63, 3.8) is 0 Å². The molecular formula is C16H23N3O3. The van der Waals surface area contributed by atoms with Crippen molar-refractivity contribution >= 4 is 11.9 Å². The minimum atomic E-state index is -0.817. The number of amides is 1. The fraction of sp³-hybridized carbons (Fsp3) is 0.688. The van der Waals surface area contributed by atoms with Crippen LogP contribution in [0.4, 0.5) is 0 Å². The van der Waals surface area contributed by atoms with Gasteiger partial charge in [0, 0.05) is 24.8 Å². The fourth-order valence-corrected chi connectivity index (χ4v) is 4.22. The number of carboxylic acids is 1. The van der Waals surface area contributed by atoms with E-state index in [2.05, 4.69) is 10.4 Å². The van der Waals surface area contributed by atoms with Gasteiger partial charge in [0.05, 0.1) is 17.5 Å². The van der Waals surface area contributed by atoms with E-state index in [9.17, 15) is 14.7 Å². The fourth-order valence-electron chi connectivity index (χ4n) is 4.22. The number of aryl methyl sites for hydroxylation is 2. The molecule has 2 aliphatic rings. The van der Waals surface area contributed by atoms with Gasteiger partial charge < -0.3 is 10.4 Å². The molecule has 2 saturated carbocycles. The summed E-state index contributed by atoms with van der Waals surface area (Å²) in [6.07, 6.45) is 4.76. The molecule has 1 heterocycles. The van der Waals surface area contributed by atoms with Crippen molar-refractivity contribution in [2.45, 2.75) is 46.2 Å². The first-order valence-electron chi connectivity index (χ1n) is 8.04. The number of fused-ring (bicyclic) bond motifs is 2. The molecule has 3 rings (SSSR count). The molecular weight excluding hydrogens is 282 g/mol. The lowest BCUT2D eigenvalue weighted by atomic mass is 9.78. The lowest BCUT2D eigenvalue weighted by Gasteiger charge is -2.27. The number of carbonyl (C=O) groups is 2. The quantitative estimate of drug-likeness (QED) is 0.865. The zero-order valence-electron chi connectivity index (χ0n) is 13.1. The average molecular weight is 305 g/mol. The SMILES string of the molecule is CCn1cc(CNC(=O)C2C3CCC(C3)C2C(=O)O)c(C)n1. The van der Waals surface area contributed by atoms with E-state index >= 15 is 0 Å². The Morgan fingerprint density at radius 3 is 2.64 bits per heavy atom. The van der Waals surface area contributed by atoms with E-state index < -0.39 is 11.9 Å². The summed E-state index contributed by atoms with van der Waals surface area (Å²) < 4.78 is 1.84. The second kappa shape index (κ2) is 5.74. The maximum absolute atomic E-state index is 12.5. The van der Waals surface area contributed by atoms with Crippen LogP contribution in [0.3, 0.4) is 0 Å². The summed E-state index contributed by atoms with van der Waals surface area (Å²) in [4.78, 5) is 24.0. The van der Waals surface area contributed by atoms with Gasteiger partial charge in [-0.3, -0.25) is 14.3 Å². The molecule has 0 radical (unpaired) electrons. The van der Waals surface area contributed by atoms with E-state index in [0.717, 1.165) is 37.1 Å². The first kappa shape index (κ1) is 15.1. The van der Waals surface area contributed by atoms with Crippen molar-refractivity contribution in [1.82, 2.24) is 15.1 Å². The highest BCUT2D eigenvalue weighted by molar-refractivity contribution is 5.86. The number of carboxylic acid groups (broad SMARTS) is 1. The van der Waals surface area contributed by atoms with E-state index in [1.54, 1.807) is 0 Å². The number of hydrogen-bond acceptors (Lipinski definition) is 3. The average Bonchev–Trinajstić information content (AvgIpc) is 3.18. The highest BCUT2D eigenvalue weighted by Gasteiger charge is 2.53. The molecule has 2 aliphatic carbocycles. The van der Waals surface area contributed by atoms with Crippen molar-refractivity contribution in [2.75, 3.05) is 0 Å². The Balaban J connectivity index is 1.66. The van der Waals surface area contributed by atoms with E-state index in [1.807, 2.05) is 24.7 Å². The van der Waals surface area contributed by atoms with Crippen molar-refractivity contribution in [2.24, 2.45) is 23.7 Å². The smallest absolute Gasteiger partial charge is 0.307 e. The molecule has 1 aromatic heterocycles. The third-order valence-corrected chi connectivity index (χ3v) is 5.33. The molecule has 0 aromatic carbocycles. The van der Waals surface area contributed by atoms with Crippen LogP contribution < -0.4 is 5.32 Å². The van der Waals surface area contributed by atoms with Crippen LogP contribution >= 0.6 is 0 Å². The van der Waals surface area contributed by atoms with Gasteiger partial charge in [-0.15, -0.1) is 0 Å². The predicted octanol–water partition coefficient (Wildman–Crippen LogP) is 1.57. The van der Waals surface area contributed by atoms with Gasteiger partial charge in [0.15, 0.2) is 0 Å². The van der Waals surface area contributed by atoms with Crippen molar-refractivity contribution < 1.29 is 14.7 Å². The Hall–Kier alpha value is -1.85. The normalized spacial score (nSPS) is 29.7. The van der Waals surface area contributed by atoms with E-state index in [0.29, 0.717) is 6.54 Å². The molecule has 6 nitrogen and oxygen atoms in total. The molecule has 1 aromatic rings. The summed E-state index contributed by atoms with van der Waals surface area (Å²) in [5, 5.41) is 16.7. The number of hydrogen-bond donors (Lipinski definition) is 2. The number of carbonyl (C=O) groups excluding carboxylic acids is 1. The summed E-state index contributed by atoms with van der Waals surface area (Å²) in [5.41, 5.74) is 1.90. The van der Waals surface area contributed by atoms with Gasteiger partial charge >= 0.3 is 5.97 Å². The van der Waals surface area contributed by atoms with Gasteiger partial charge in [-0.1, -0.05) is 0 Å². The van der Waals surface area contributed by atoms with Crippen molar-refractivity contribution in [3.8, 4) is 0 Å². The lowest BCUT2D eigenvalue weighted by Crippen LogP contribution is -2.41. The number of nitrogens with one attached hydrogen (secondary N) is 1. The molecule has 1 amide bonds. The second-order valence-electron chi connectivity index (χ2n) is 6.54. The summed E-state index contributed by atoms with van der Waals surface area (Å²) in [6, 6.07) is 0. The zero-order valence-corrected chi connectivity index (χ0v) is 13.1. The molecule has 6 heteroatoms. The first-order chi connectivity index (χ1) is 10.5. The van der Waals surface area contributed by atoms with Crippen LogP contribution in [0, 0.1) is 30.6 Å². The minimum Gasteiger partial charge on any atom is -0.481 e. The Morgan fingerprint density at radius 1 is 1.36 bits per heavy atom. The molecule has 2 bridgehead atoms. The van der Waals surface area contributed by atoms with Crippen LogP contribution in [0.5, 0.6) is 0 Å². The standard InChI is InChI=1S/C16H23N3O3/c1-3-19-8-12(9(2)18-19)7-17-15(20)13-10-4-5-11(6-10)14(13)16(21)22/h8,10-11,13-14H,3-7H2,1-2H3,(H,17,20)(H,21,22). The van der Waals surface area contributed by atoms with Crippen LogP contribution in [-0.4, -0.2) is 26.8 Å². The van der Waals surface area contributed by atoms with Gasteiger partial charge in [-0.25, -0.2) is 0 Å². The minimum absolute atomic E-state index is 0.108. The van der Waals surface area contributed by atoms with Crippen LogP contribution in [0.15, 0.2) is 6.20 Å². The van der Waals surface area contributed by atoms with Gasteiger partial charge in [-0.2, -0.15) is 5.10 Å². The van der Waals surface area contributed by atoms with Crippen LogP contribution in [-0.2, 0) is 22.7 Å². The maximum atomic E-state index is 12.5. The molecule has 22 heavy (non-hydrogen) atoms. The van der Waals surface area contributed by atoms with E-state index in [1.165, 1.54) is 0 Å². The molecule has 4 atom stereocenters. The highest BCUT2D eigenvalue weighted by Crippen LogP contribution is 2.52. The Labute approximate surface area is 129 Å². The second-order valence-corrected chi connectivity index (χ2v) is 6.54. The number of nitrogens with zero attached hydrogens (tertiary/aromatic N) is 2. The summed E-state index contributed by atoms with van der Waals surface area (Å²) in [5.74, 6) is -1.37. The third kappa shape index (κ3) is 2.51.